The molecular formula is C21H23ClF3NO4S. The SMILES string of the molecule is O=C(O)c1ccc(CCC[C@@H]2[C@@H](CCOc3cc(C(F)(F)F)ccn3)[C@H](O)C[C@H]2Cl)s1. The van der Waals surface area contributed by atoms with E-state index in [0.29, 0.717) is 17.7 Å². The van der Waals surface area contributed by atoms with Gasteiger partial charge < -0.3 is 14.9 Å². The first-order chi connectivity index (χ1) is 14.6. The van der Waals surface area contributed by atoms with E-state index in [1.165, 1.54) is 11.3 Å². The Hall–Kier alpha value is -1.84. The average molecular weight is 478 g/mol. The molecule has 4 atom stereocenters. The lowest BCUT2D eigenvalue weighted by Gasteiger charge is -2.23. The van der Waals surface area contributed by atoms with Crippen LogP contribution in [0, 0.1) is 11.8 Å². The summed E-state index contributed by atoms with van der Waals surface area (Å²) in [6.45, 7) is 0.128. The van der Waals surface area contributed by atoms with Gasteiger partial charge in [-0.1, -0.05) is 0 Å². The summed E-state index contributed by atoms with van der Waals surface area (Å²) in [4.78, 5) is 16.1. The van der Waals surface area contributed by atoms with Crippen molar-refractivity contribution >= 4 is 28.9 Å². The minimum atomic E-state index is -4.46. The summed E-state index contributed by atoms with van der Waals surface area (Å²) in [5.74, 6) is -1.11. The van der Waals surface area contributed by atoms with Crippen molar-refractivity contribution < 1.29 is 32.9 Å². The van der Waals surface area contributed by atoms with Gasteiger partial charge in [0.05, 0.1) is 18.3 Å². The molecule has 0 spiro atoms. The van der Waals surface area contributed by atoms with Crippen molar-refractivity contribution in [1.29, 1.82) is 0 Å². The molecule has 0 aliphatic heterocycles. The van der Waals surface area contributed by atoms with Gasteiger partial charge >= 0.3 is 12.1 Å². The van der Waals surface area contributed by atoms with Gasteiger partial charge in [0.25, 0.3) is 0 Å². The Morgan fingerprint density at radius 1 is 1.26 bits per heavy atom. The van der Waals surface area contributed by atoms with Crippen LogP contribution in [0.25, 0.3) is 0 Å². The number of halogens is 4. The number of aliphatic hydroxyl groups is 1. The minimum absolute atomic E-state index is 0.0497. The molecule has 2 heterocycles. The van der Waals surface area contributed by atoms with Gasteiger partial charge in [0, 0.05) is 22.5 Å². The lowest BCUT2D eigenvalue weighted by molar-refractivity contribution is -0.137. The largest absolute Gasteiger partial charge is 0.478 e. The molecule has 0 unspecified atom stereocenters. The highest BCUT2D eigenvalue weighted by Gasteiger charge is 2.40. The summed E-state index contributed by atoms with van der Waals surface area (Å²) in [5, 5.41) is 19.2. The van der Waals surface area contributed by atoms with Crippen molar-refractivity contribution in [2.75, 3.05) is 6.61 Å². The normalized spacial score (nSPS) is 23.8. The number of nitrogens with zero attached hydrogens (tertiary/aromatic N) is 1. The molecule has 10 heteroatoms. The maximum absolute atomic E-state index is 12.8. The van der Waals surface area contributed by atoms with Gasteiger partial charge in [-0.05, 0) is 62.1 Å². The number of hydrogen-bond donors (Lipinski definition) is 2. The molecule has 1 aliphatic carbocycles. The zero-order valence-corrected chi connectivity index (χ0v) is 18.1. The average Bonchev–Trinajstić information content (AvgIpc) is 3.27. The van der Waals surface area contributed by atoms with Gasteiger partial charge in [0.2, 0.25) is 5.88 Å². The van der Waals surface area contributed by atoms with Crippen LogP contribution in [-0.4, -0.2) is 39.3 Å². The summed E-state index contributed by atoms with van der Waals surface area (Å²) >= 11 is 7.70. The highest BCUT2D eigenvalue weighted by Crippen LogP contribution is 2.41. The molecule has 1 fully saturated rings. The fraction of sp³-hybridized carbons (Fsp3) is 0.524. The molecule has 31 heavy (non-hydrogen) atoms. The summed E-state index contributed by atoms with van der Waals surface area (Å²) in [7, 11) is 0. The minimum Gasteiger partial charge on any atom is -0.478 e. The van der Waals surface area contributed by atoms with Gasteiger partial charge in [-0.25, -0.2) is 9.78 Å². The van der Waals surface area contributed by atoms with Crippen LogP contribution in [0.4, 0.5) is 13.2 Å². The topological polar surface area (TPSA) is 79.7 Å². The van der Waals surface area contributed by atoms with Gasteiger partial charge in [-0.2, -0.15) is 13.2 Å². The number of thiophene rings is 1. The number of aromatic nitrogens is 1. The van der Waals surface area contributed by atoms with Crippen LogP contribution in [0.1, 0.15) is 45.8 Å². The summed E-state index contributed by atoms with van der Waals surface area (Å²) < 4.78 is 43.8. The second kappa shape index (κ2) is 10.2. The first kappa shape index (κ1) is 23.8. The standard InChI is InChI=1S/C21H23ClF3NO4S/c22-16-11-17(27)15(7-9-30-19-10-12(6-8-26-19)21(23,24)25)14(16)3-1-2-13-4-5-18(31-13)20(28)29/h4-6,8,10,14-17,27H,1-3,7,9,11H2,(H,28,29)/t14-,15-,16-,17-/m1/s1. The lowest BCUT2D eigenvalue weighted by Crippen LogP contribution is -2.23. The van der Waals surface area contributed by atoms with Gasteiger partial charge in [0.15, 0.2) is 0 Å². The van der Waals surface area contributed by atoms with Crippen LogP contribution in [0.5, 0.6) is 5.88 Å². The van der Waals surface area contributed by atoms with Crippen molar-refractivity contribution in [2.45, 2.75) is 49.8 Å². The third-order valence-electron chi connectivity index (χ3n) is 5.57. The second-order valence-corrected chi connectivity index (χ2v) is 9.36. The highest BCUT2D eigenvalue weighted by molar-refractivity contribution is 7.13. The monoisotopic (exact) mass is 477 g/mol. The van der Waals surface area contributed by atoms with E-state index < -0.39 is 23.8 Å². The number of carboxylic acids is 1. The summed E-state index contributed by atoms with van der Waals surface area (Å²) in [6, 6.07) is 5.14. The van der Waals surface area contributed by atoms with E-state index in [2.05, 4.69) is 4.98 Å². The fourth-order valence-corrected chi connectivity index (χ4v) is 5.42. The van der Waals surface area contributed by atoms with E-state index in [0.717, 1.165) is 42.5 Å². The van der Waals surface area contributed by atoms with Gasteiger partial charge in [-0.15, -0.1) is 22.9 Å². The first-order valence-electron chi connectivity index (χ1n) is 9.95. The second-order valence-electron chi connectivity index (χ2n) is 7.63. The molecule has 0 radical (unpaired) electrons. The number of aryl methyl sites for hydroxylation is 1. The number of aromatic carboxylic acids is 1. The van der Waals surface area contributed by atoms with Crippen molar-refractivity contribution in [3.05, 3.63) is 45.8 Å². The van der Waals surface area contributed by atoms with Crippen molar-refractivity contribution in [3.63, 3.8) is 0 Å². The van der Waals surface area contributed by atoms with E-state index in [1.807, 2.05) is 6.07 Å². The van der Waals surface area contributed by atoms with Crippen molar-refractivity contribution in [2.24, 2.45) is 11.8 Å². The molecule has 0 saturated heterocycles. The Morgan fingerprint density at radius 3 is 2.71 bits per heavy atom. The zero-order chi connectivity index (χ0) is 22.6. The quantitative estimate of drug-likeness (QED) is 0.482. The molecule has 2 aromatic rings. The molecule has 0 bridgehead atoms. The number of hydrogen-bond acceptors (Lipinski definition) is 5. The molecule has 170 valence electrons. The smallest absolute Gasteiger partial charge is 0.416 e. The molecule has 1 saturated carbocycles. The van der Waals surface area contributed by atoms with Crippen molar-refractivity contribution in [3.8, 4) is 5.88 Å². The Balaban J connectivity index is 1.51. The first-order valence-corrected chi connectivity index (χ1v) is 11.2. The van der Waals surface area contributed by atoms with Crippen LogP contribution in [0.2, 0.25) is 0 Å². The molecule has 5 nitrogen and oxygen atoms in total. The van der Waals surface area contributed by atoms with Crippen molar-refractivity contribution in [1.82, 2.24) is 4.98 Å². The third kappa shape index (κ3) is 6.33. The Labute approximate surface area is 186 Å². The zero-order valence-electron chi connectivity index (χ0n) is 16.5. The van der Waals surface area contributed by atoms with Gasteiger partial charge in [0.1, 0.15) is 4.88 Å². The summed E-state index contributed by atoms with van der Waals surface area (Å²) in [5.41, 5.74) is -0.822. The van der Waals surface area contributed by atoms with E-state index in [1.54, 1.807) is 6.07 Å². The molecule has 2 N–H and O–H groups in total. The lowest BCUT2D eigenvalue weighted by atomic mass is 9.87. The Morgan fingerprint density at radius 2 is 2.03 bits per heavy atom. The van der Waals surface area contributed by atoms with E-state index in [-0.39, 0.29) is 29.7 Å². The molecule has 0 aromatic carbocycles. The fourth-order valence-electron chi connectivity index (χ4n) is 4.04. The number of rotatable bonds is 9. The number of ether oxygens (including phenoxy) is 1. The van der Waals surface area contributed by atoms with Gasteiger partial charge in [-0.3, -0.25) is 0 Å². The van der Waals surface area contributed by atoms with Crippen LogP contribution < -0.4 is 4.74 Å². The highest BCUT2D eigenvalue weighted by atomic mass is 35.5. The van der Waals surface area contributed by atoms with E-state index in [4.69, 9.17) is 21.4 Å². The number of carbonyl (C=O) groups is 1. The third-order valence-corrected chi connectivity index (χ3v) is 7.21. The predicted molar refractivity (Wildman–Crippen MR) is 111 cm³/mol. The number of aliphatic hydroxyl groups excluding tert-OH is 1. The molecule has 1 aliphatic rings. The summed E-state index contributed by atoms with van der Waals surface area (Å²) in [6.07, 6.45) is -0.800. The predicted octanol–water partition coefficient (Wildman–Crippen LogP) is 5.26. The van der Waals surface area contributed by atoms with Crippen LogP contribution >= 0.6 is 22.9 Å². The maximum Gasteiger partial charge on any atom is 0.416 e. The molecule has 2 aromatic heterocycles. The maximum atomic E-state index is 12.8. The Bertz CT molecular complexity index is 892. The molecular weight excluding hydrogens is 455 g/mol. The number of pyridine rings is 1. The molecule has 0 amide bonds. The molecule has 3 rings (SSSR count). The number of alkyl halides is 4. The van der Waals surface area contributed by atoms with Crippen LogP contribution in [0.3, 0.4) is 0 Å². The van der Waals surface area contributed by atoms with Crippen LogP contribution in [0.15, 0.2) is 30.5 Å². The van der Waals surface area contributed by atoms with E-state index in [9.17, 15) is 23.1 Å². The number of carboxylic acid groups (broad SMARTS) is 1. The Kier molecular flexibility index (Phi) is 7.82. The van der Waals surface area contributed by atoms with Crippen LogP contribution in [-0.2, 0) is 12.6 Å². The van der Waals surface area contributed by atoms with E-state index >= 15 is 0 Å².